The zero-order valence-electron chi connectivity index (χ0n) is 11.8. The quantitative estimate of drug-likeness (QED) is 0.810. The molecule has 106 valence electrons. The first-order valence-electron chi connectivity index (χ1n) is 6.81. The van der Waals surface area contributed by atoms with Crippen molar-refractivity contribution in [3.63, 3.8) is 0 Å². The summed E-state index contributed by atoms with van der Waals surface area (Å²) in [6, 6.07) is 14.3. The van der Waals surface area contributed by atoms with Crippen LogP contribution in [0.25, 0.3) is 0 Å². The van der Waals surface area contributed by atoms with Gasteiger partial charge in [0.1, 0.15) is 0 Å². The Morgan fingerprint density at radius 2 is 1.95 bits per heavy atom. The van der Waals surface area contributed by atoms with Crippen molar-refractivity contribution in [2.24, 2.45) is 0 Å². The second kappa shape index (κ2) is 7.62. The lowest BCUT2D eigenvalue weighted by atomic mass is 10.2. The van der Waals surface area contributed by atoms with Gasteiger partial charge in [0.25, 0.3) is 0 Å². The van der Waals surface area contributed by atoms with Gasteiger partial charge in [-0.1, -0.05) is 30.3 Å². The molecule has 2 aromatic rings. The monoisotopic (exact) mass is 271 g/mol. The van der Waals surface area contributed by atoms with Crippen LogP contribution >= 0.6 is 0 Å². The summed E-state index contributed by atoms with van der Waals surface area (Å²) in [4.78, 5) is 6.58. The number of aliphatic hydroxyl groups is 1. The van der Waals surface area contributed by atoms with Crippen LogP contribution in [0.3, 0.4) is 0 Å². The van der Waals surface area contributed by atoms with Crippen LogP contribution in [0.4, 0.5) is 5.69 Å². The van der Waals surface area contributed by atoms with Gasteiger partial charge in [-0.15, -0.1) is 0 Å². The largest absolute Gasteiger partial charge is 0.395 e. The maximum Gasteiger partial charge on any atom is 0.0564 e. The molecule has 1 aromatic heterocycles. The summed E-state index contributed by atoms with van der Waals surface area (Å²) in [5.41, 5.74) is 3.30. The van der Waals surface area contributed by atoms with Crippen molar-refractivity contribution in [1.82, 2.24) is 9.88 Å². The number of aromatic nitrogens is 1. The van der Waals surface area contributed by atoms with E-state index in [1.54, 1.807) is 6.20 Å². The summed E-state index contributed by atoms with van der Waals surface area (Å²) in [5.74, 6) is 0. The van der Waals surface area contributed by atoms with Crippen molar-refractivity contribution in [3.8, 4) is 0 Å². The van der Waals surface area contributed by atoms with Crippen molar-refractivity contribution in [2.75, 3.05) is 25.5 Å². The molecule has 0 spiro atoms. The number of hydrogen-bond donors (Lipinski definition) is 2. The molecule has 0 aliphatic heterocycles. The second-order valence-corrected chi connectivity index (χ2v) is 4.71. The van der Waals surface area contributed by atoms with Gasteiger partial charge in [-0.2, -0.15) is 0 Å². The van der Waals surface area contributed by atoms with Crippen LogP contribution in [0.5, 0.6) is 0 Å². The Morgan fingerprint density at radius 3 is 2.65 bits per heavy atom. The molecule has 0 aliphatic rings. The zero-order valence-corrected chi connectivity index (χ0v) is 11.8. The fraction of sp³-hybridized carbons (Fsp3) is 0.312. The van der Waals surface area contributed by atoms with Gasteiger partial charge >= 0.3 is 0 Å². The Hall–Kier alpha value is -1.91. The zero-order chi connectivity index (χ0) is 14.2. The molecule has 2 N–H and O–H groups in total. The van der Waals surface area contributed by atoms with Crippen LogP contribution in [-0.4, -0.2) is 35.2 Å². The Balaban J connectivity index is 2.04. The standard InChI is InChI=1S/C16H21N3O/c1-17-15-7-8-18-16(11-15)13-19(9-10-20)12-14-5-3-2-4-6-14/h2-8,11,20H,9-10,12-13H2,1H3,(H,17,18). The van der Waals surface area contributed by atoms with E-state index in [0.29, 0.717) is 6.54 Å². The lowest BCUT2D eigenvalue weighted by Crippen LogP contribution is -2.26. The summed E-state index contributed by atoms with van der Waals surface area (Å²) in [5, 5.41) is 12.3. The maximum atomic E-state index is 9.22. The summed E-state index contributed by atoms with van der Waals surface area (Å²) < 4.78 is 0. The van der Waals surface area contributed by atoms with Gasteiger partial charge in [0, 0.05) is 38.6 Å². The van der Waals surface area contributed by atoms with Crippen LogP contribution < -0.4 is 5.32 Å². The molecule has 0 atom stereocenters. The highest BCUT2D eigenvalue weighted by molar-refractivity contribution is 5.42. The van der Waals surface area contributed by atoms with Crippen molar-refractivity contribution >= 4 is 5.69 Å². The Kier molecular flexibility index (Phi) is 5.53. The molecule has 2 rings (SSSR count). The number of anilines is 1. The molecule has 0 amide bonds. The van der Waals surface area contributed by atoms with E-state index >= 15 is 0 Å². The summed E-state index contributed by atoms with van der Waals surface area (Å²) in [7, 11) is 1.90. The molecular weight excluding hydrogens is 250 g/mol. The van der Waals surface area contributed by atoms with Crippen molar-refractivity contribution in [1.29, 1.82) is 0 Å². The molecule has 4 heteroatoms. The minimum Gasteiger partial charge on any atom is -0.395 e. The minimum atomic E-state index is 0.151. The third kappa shape index (κ3) is 4.33. The molecule has 0 unspecified atom stereocenters. The average molecular weight is 271 g/mol. The predicted molar refractivity (Wildman–Crippen MR) is 81.4 cm³/mol. The fourth-order valence-corrected chi connectivity index (χ4v) is 2.15. The Bertz CT molecular complexity index is 516. The first kappa shape index (κ1) is 14.5. The molecule has 4 nitrogen and oxygen atoms in total. The molecule has 0 radical (unpaired) electrons. The second-order valence-electron chi connectivity index (χ2n) is 4.71. The first-order valence-corrected chi connectivity index (χ1v) is 6.81. The third-order valence-corrected chi connectivity index (χ3v) is 3.16. The van der Waals surface area contributed by atoms with Gasteiger partial charge in [-0.05, 0) is 17.7 Å². The van der Waals surface area contributed by atoms with E-state index in [4.69, 9.17) is 0 Å². The van der Waals surface area contributed by atoms with Crippen LogP contribution in [0.2, 0.25) is 0 Å². The van der Waals surface area contributed by atoms with Crippen LogP contribution in [0, 0.1) is 0 Å². The van der Waals surface area contributed by atoms with E-state index in [0.717, 1.165) is 24.5 Å². The number of hydrogen-bond acceptors (Lipinski definition) is 4. The summed E-state index contributed by atoms with van der Waals surface area (Å²) in [6.07, 6.45) is 1.81. The lowest BCUT2D eigenvalue weighted by molar-refractivity contribution is 0.183. The number of pyridine rings is 1. The topological polar surface area (TPSA) is 48.4 Å². The third-order valence-electron chi connectivity index (χ3n) is 3.16. The van der Waals surface area contributed by atoms with E-state index in [9.17, 15) is 5.11 Å². The molecule has 0 fully saturated rings. The Labute approximate surface area is 120 Å². The van der Waals surface area contributed by atoms with E-state index in [1.165, 1.54) is 5.56 Å². The van der Waals surface area contributed by atoms with E-state index in [2.05, 4.69) is 27.3 Å². The molecule has 1 heterocycles. The van der Waals surface area contributed by atoms with E-state index < -0.39 is 0 Å². The van der Waals surface area contributed by atoms with Crippen LogP contribution in [0.1, 0.15) is 11.3 Å². The fourth-order valence-electron chi connectivity index (χ4n) is 2.15. The molecule has 0 saturated heterocycles. The highest BCUT2D eigenvalue weighted by Gasteiger charge is 2.07. The van der Waals surface area contributed by atoms with Crippen molar-refractivity contribution in [3.05, 3.63) is 59.9 Å². The SMILES string of the molecule is CNc1ccnc(CN(CCO)Cc2ccccc2)c1. The van der Waals surface area contributed by atoms with E-state index in [-0.39, 0.29) is 6.61 Å². The number of rotatable bonds is 7. The summed E-state index contributed by atoms with van der Waals surface area (Å²) in [6.45, 7) is 2.33. The highest BCUT2D eigenvalue weighted by Crippen LogP contribution is 2.11. The van der Waals surface area contributed by atoms with Gasteiger partial charge in [-0.25, -0.2) is 0 Å². The first-order chi connectivity index (χ1) is 9.81. The highest BCUT2D eigenvalue weighted by atomic mass is 16.3. The minimum absolute atomic E-state index is 0.151. The lowest BCUT2D eigenvalue weighted by Gasteiger charge is -2.21. The molecule has 0 aliphatic carbocycles. The van der Waals surface area contributed by atoms with E-state index in [1.807, 2.05) is 37.4 Å². The smallest absolute Gasteiger partial charge is 0.0564 e. The number of nitrogens with zero attached hydrogens (tertiary/aromatic N) is 2. The predicted octanol–water partition coefficient (Wildman–Crippen LogP) is 2.12. The van der Waals surface area contributed by atoms with Gasteiger partial charge < -0.3 is 10.4 Å². The van der Waals surface area contributed by atoms with Gasteiger partial charge in [0.15, 0.2) is 0 Å². The molecule has 20 heavy (non-hydrogen) atoms. The summed E-state index contributed by atoms with van der Waals surface area (Å²) >= 11 is 0. The van der Waals surface area contributed by atoms with Gasteiger partial charge in [0.05, 0.1) is 12.3 Å². The van der Waals surface area contributed by atoms with Crippen molar-refractivity contribution < 1.29 is 5.11 Å². The van der Waals surface area contributed by atoms with Gasteiger partial charge in [0.2, 0.25) is 0 Å². The Morgan fingerprint density at radius 1 is 1.15 bits per heavy atom. The normalized spacial score (nSPS) is 10.8. The number of benzene rings is 1. The molecule has 0 saturated carbocycles. The van der Waals surface area contributed by atoms with Gasteiger partial charge in [-0.3, -0.25) is 9.88 Å². The number of nitrogens with one attached hydrogen (secondary N) is 1. The van der Waals surface area contributed by atoms with Crippen molar-refractivity contribution in [2.45, 2.75) is 13.1 Å². The average Bonchev–Trinajstić information content (AvgIpc) is 2.49. The molecule has 0 bridgehead atoms. The number of aliphatic hydroxyl groups excluding tert-OH is 1. The van der Waals surface area contributed by atoms with Crippen LogP contribution in [-0.2, 0) is 13.1 Å². The molecular formula is C16H21N3O. The van der Waals surface area contributed by atoms with Crippen LogP contribution in [0.15, 0.2) is 48.7 Å². The molecule has 1 aromatic carbocycles. The maximum absolute atomic E-state index is 9.22.